The van der Waals surface area contributed by atoms with Crippen LogP contribution in [0.1, 0.15) is 25.0 Å². The average Bonchev–Trinajstić information content (AvgIpc) is 2.30. The molecule has 0 fully saturated rings. The second-order valence-electron chi connectivity index (χ2n) is 4.50. The molecule has 0 spiro atoms. The molecule has 0 unspecified atom stereocenters. The Morgan fingerprint density at radius 3 is 2.67 bits per heavy atom. The summed E-state index contributed by atoms with van der Waals surface area (Å²) in [7, 11) is 0. The van der Waals surface area contributed by atoms with Crippen LogP contribution in [0, 0.1) is 11.2 Å². The van der Waals surface area contributed by atoms with E-state index in [4.69, 9.17) is 16.2 Å². The van der Waals surface area contributed by atoms with E-state index in [1.165, 1.54) is 12.1 Å². The molecule has 1 aromatic carbocycles. The predicted octanol–water partition coefficient (Wildman–Crippen LogP) is 1.31. The summed E-state index contributed by atoms with van der Waals surface area (Å²) in [5.41, 5.74) is 6.67. The van der Waals surface area contributed by atoms with E-state index in [1.807, 2.05) is 18.7 Å². The molecule has 0 bridgehead atoms. The van der Waals surface area contributed by atoms with Crippen molar-refractivity contribution in [3.8, 4) is 0 Å². The Balaban J connectivity index is 2.98. The van der Waals surface area contributed by atoms with Gasteiger partial charge in [-0.2, -0.15) is 0 Å². The predicted molar refractivity (Wildman–Crippen MR) is 70.0 cm³/mol. The summed E-state index contributed by atoms with van der Waals surface area (Å²) in [5.74, 6) is -0.542. The van der Waals surface area contributed by atoms with E-state index < -0.39 is 5.82 Å². The summed E-state index contributed by atoms with van der Waals surface area (Å²) in [6.07, 6.45) is 0. The van der Waals surface area contributed by atoms with Crippen LogP contribution in [0.3, 0.4) is 0 Å². The van der Waals surface area contributed by atoms with Gasteiger partial charge in [0.05, 0.1) is 6.61 Å². The number of nitrogens with one attached hydrogen (secondary N) is 1. The highest BCUT2D eigenvalue weighted by Crippen LogP contribution is 2.15. The van der Waals surface area contributed by atoms with Crippen LogP contribution in [-0.4, -0.2) is 35.0 Å². The Kier molecular flexibility index (Phi) is 5.25. The number of nitrogen functional groups attached to an aromatic ring is 1. The summed E-state index contributed by atoms with van der Waals surface area (Å²) >= 11 is 0. The average molecular weight is 253 g/mol. The summed E-state index contributed by atoms with van der Waals surface area (Å²) in [6.45, 7) is 5.17. The highest BCUT2D eigenvalue weighted by Gasteiger charge is 2.13. The SMILES string of the molecule is CC(C)N(CCO)Cc1ccc(F)cc1C(=N)N. The Labute approximate surface area is 107 Å². The minimum atomic E-state index is -0.401. The Bertz CT molecular complexity index is 421. The van der Waals surface area contributed by atoms with Gasteiger partial charge in [-0.25, -0.2) is 4.39 Å². The number of amidine groups is 1. The summed E-state index contributed by atoms with van der Waals surface area (Å²) in [6, 6.07) is 4.52. The molecule has 0 amide bonds. The number of aliphatic hydroxyl groups is 1. The molecule has 1 rings (SSSR count). The number of nitrogens with zero attached hydrogens (tertiary/aromatic N) is 1. The first-order valence-corrected chi connectivity index (χ1v) is 5.93. The van der Waals surface area contributed by atoms with Crippen molar-refractivity contribution in [3.63, 3.8) is 0 Å². The van der Waals surface area contributed by atoms with Crippen molar-refractivity contribution in [2.75, 3.05) is 13.2 Å². The third kappa shape index (κ3) is 3.78. The zero-order chi connectivity index (χ0) is 13.7. The van der Waals surface area contributed by atoms with Gasteiger partial charge in [0.1, 0.15) is 11.7 Å². The maximum Gasteiger partial charge on any atom is 0.123 e. The third-order valence-corrected chi connectivity index (χ3v) is 2.85. The Hall–Kier alpha value is -1.46. The first kappa shape index (κ1) is 14.6. The smallest absolute Gasteiger partial charge is 0.123 e. The van der Waals surface area contributed by atoms with Crippen molar-refractivity contribution in [3.05, 3.63) is 35.1 Å². The standard InChI is InChI=1S/C13H20FN3O/c1-9(2)17(5-6-18)8-10-3-4-11(14)7-12(10)13(15)16/h3-4,7,9,18H,5-6,8H2,1-2H3,(H3,15,16). The summed E-state index contributed by atoms with van der Waals surface area (Å²) < 4.78 is 13.1. The van der Waals surface area contributed by atoms with E-state index in [9.17, 15) is 4.39 Å². The van der Waals surface area contributed by atoms with Gasteiger partial charge in [-0.15, -0.1) is 0 Å². The second-order valence-corrected chi connectivity index (χ2v) is 4.50. The Morgan fingerprint density at radius 1 is 1.50 bits per heavy atom. The van der Waals surface area contributed by atoms with Crippen LogP contribution in [0.25, 0.3) is 0 Å². The van der Waals surface area contributed by atoms with Crippen molar-refractivity contribution in [2.24, 2.45) is 5.73 Å². The van der Waals surface area contributed by atoms with Gasteiger partial charge in [0.2, 0.25) is 0 Å². The normalized spacial score (nSPS) is 11.2. The molecule has 0 aliphatic carbocycles. The van der Waals surface area contributed by atoms with E-state index in [0.717, 1.165) is 5.56 Å². The molecule has 0 radical (unpaired) electrons. The molecule has 0 heterocycles. The molecule has 18 heavy (non-hydrogen) atoms. The van der Waals surface area contributed by atoms with Gasteiger partial charge in [-0.3, -0.25) is 10.3 Å². The molecule has 1 aromatic rings. The zero-order valence-electron chi connectivity index (χ0n) is 10.8. The van der Waals surface area contributed by atoms with Crippen molar-refractivity contribution in [2.45, 2.75) is 26.4 Å². The molecule has 0 aliphatic heterocycles. The summed E-state index contributed by atoms with van der Waals surface area (Å²) in [5, 5.41) is 16.5. The van der Waals surface area contributed by atoms with Crippen molar-refractivity contribution < 1.29 is 9.50 Å². The quantitative estimate of drug-likeness (QED) is 0.528. The minimum Gasteiger partial charge on any atom is -0.395 e. The van der Waals surface area contributed by atoms with Crippen LogP contribution >= 0.6 is 0 Å². The van der Waals surface area contributed by atoms with E-state index in [2.05, 4.69) is 0 Å². The van der Waals surface area contributed by atoms with E-state index in [1.54, 1.807) is 6.07 Å². The lowest BCUT2D eigenvalue weighted by molar-refractivity contribution is 0.159. The van der Waals surface area contributed by atoms with Gasteiger partial charge in [-0.05, 0) is 31.5 Å². The van der Waals surface area contributed by atoms with Crippen molar-refractivity contribution >= 4 is 5.84 Å². The van der Waals surface area contributed by atoms with Crippen LogP contribution in [-0.2, 0) is 6.54 Å². The molecule has 0 aliphatic rings. The molecule has 0 saturated carbocycles. The number of hydrogen-bond acceptors (Lipinski definition) is 3. The molecule has 100 valence electrons. The van der Waals surface area contributed by atoms with Crippen LogP contribution < -0.4 is 5.73 Å². The van der Waals surface area contributed by atoms with Crippen molar-refractivity contribution in [1.29, 1.82) is 5.41 Å². The fourth-order valence-corrected chi connectivity index (χ4v) is 1.80. The van der Waals surface area contributed by atoms with Gasteiger partial charge >= 0.3 is 0 Å². The molecule has 4 nitrogen and oxygen atoms in total. The van der Waals surface area contributed by atoms with Gasteiger partial charge in [0.15, 0.2) is 0 Å². The molecule has 0 atom stereocenters. The number of halogens is 1. The van der Waals surface area contributed by atoms with Crippen LogP contribution in [0.5, 0.6) is 0 Å². The maximum absolute atomic E-state index is 13.1. The number of rotatable bonds is 6. The first-order valence-electron chi connectivity index (χ1n) is 5.93. The highest BCUT2D eigenvalue weighted by molar-refractivity contribution is 5.96. The second kappa shape index (κ2) is 6.47. The monoisotopic (exact) mass is 253 g/mol. The molecule has 0 saturated heterocycles. The fourth-order valence-electron chi connectivity index (χ4n) is 1.80. The molecule has 5 heteroatoms. The lowest BCUT2D eigenvalue weighted by Gasteiger charge is -2.26. The lowest BCUT2D eigenvalue weighted by atomic mass is 10.1. The van der Waals surface area contributed by atoms with Crippen LogP contribution in [0.2, 0.25) is 0 Å². The van der Waals surface area contributed by atoms with E-state index in [-0.39, 0.29) is 18.5 Å². The minimum absolute atomic E-state index is 0.0643. The summed E-state index contributed by atoms with van der Waals surface area (Å²) in [4.78, 5) is 2.04. The topological polar surface area (TPSA) is 73.3 Å². The van der Waals surface area contributed by atoms with Crippen molar-refractivity contribution in [1.82, 2.24) is 4.90 Å². The molecular weight excluding hydrogens is 233 g/mol. The number of benzene rings is 1. The molecule has 0 aromatic heterocycles. The van der Waals surface area contributed by atoms with Gasteiger partial charge in [0, 0.05) is 24.7 Å². The largest absolute Gasteiger partial charge is 0.395 e. The number of nitrogens with two attached hydrogens (primary N) is 1. The third-order valence-electron chi connectivity index (χ3n) is 2.85. The van der Waals surface area contributed by atoms with Crippen LogP contribution in [0.15, 0.2) is 18.2 Å². The molecule has 4 N–H and O–H groups in total. The zero-order valence-corrected chi connectivity index (χ0v) is 10.8. The molecular formula is C13H20FN3O. The van der Waals surface area contributed by atoms with E-state index in [0.29, 0.717) is 18.7 Å². The Morgan fingerprint density at radius 2 is 2.17 bits per heavy atom. The number of hydrogen-bond donors (Lipinski definition) is 3. The lowest BCUT2D eigenvalue weighted by Crippen LogP contribution is -2.33. The maximum atomic E-state index is 13.1. The van der Waals surface area contributed by atoms with Crippen LogP contribution in [0.4, 0.5) is 4.39 Å². The first-order chi connectivity index (χ1) is 8.45. The van der Waals surface area contributed by atoms with E-state index >= 15 is 0 Å². The van der Waals surface area contributed by atoms with Gasteiger partial charge in [0.25, 0.3) is 0 Å². The number of aliphatic hydroxyl groups excluding tert-OH is 1. The van der Waals surface area contributed by atoms with Gasteiger partial charge in [-0.1, -0.05) is 6.07 Å². The fraction of sp³-hybridized carbons (Fsp3) is 0.462. The highest BCUT2D eigenvalue weighted by atomic mass is 19.1. The van der Waals surface area contributed by atoms with Gasteiger partial charge < -0.3 is 10.8 Å².